The summed E-state index contributed by atoms with van der Waals surface area (Å²) in [7, 11) is -4.15. The second-order valence-electron chi connectivity index (χ2n) is 3.08. The zero-order valence-electron chi connectivity index (χ0n) is 7.98. The van der Waals surface area contributed by atoms with Crippen LogP contribution in [0.3, 0.4) is 0 Å². The van der Waals surface area contributed by atoms with E-state index in [1.54, 1.807) is 0 Å². The molecule has 0 saturated heterocycles. The van der Waals surface area contributed by atoms with Crippen molar-refractivity contribution in [2.45, 2.75) is 6.42 Å². The van der Waals surface area contributed by atoms with Crippen molar-refractivity contribution in [1.82, 2.24) is 0 Å². The molecule has 1 N–H and O–H groups in total. The van der Waals surface area contributed by atoms with Crippen LogP contribution in [0.15, 0.2) is 18.2 Å². The maximum atomic E-state index is 11.5. The number of ketones is 1. The van der Waals surface area contributed by atoms with Crippen LogP contribution in [0.5, 0.6) is 0 Å². The number of rotatable bonds is 4. The van der Waals surface area contributed by atoms with Gasteiger partial charge in [-0.15, -0.1) is 0 Å². The number of carbonyl (C=O) groups is 1. The molecule has 7 heteroatoms. The lowest BCUT2D eigenvalue weighted by Crippen LogP contribution is -2.10. The minimum atomic E-state index is -4.15. The Balaban J connectivity index is 2.85. The summed E-state index contributed by atoms with van der Waals surface area (Å²) in [4.78, 5) is 11.5. The van der Waals surface area contributed by atoms with Crippen molar-refractivity contribution in [1.29, 1.82) is 0 Å². The third kappa shape index (κ3) is 4.09. The molecule has 16 heavy (non-hydrogen) atoms. The number of halogens is 2. The molecule has 0 aliphatic heterocycles. The Labute approximate surface area is 103 Å². The van der Waals surface area contributed by atoms with E-state index in [2.05, 4.69) is 0 Å². The SMILES string of the molecule is O=C(CCS(=O)(=O)O)c1cc(Cl)ccc1Cl. The maximum absolute atomic E-state index is 11.5. The highest BCUT2D eigenvalue weighted by Gasteiger charge is 2.14. The van der Waals surface area contributed by atoms with Crippen molar-refractivity contribution in [2.75, 3.05) is 5.75 Å². The first-order chi connectivity index (χ1) is 7.29. The Bertz CT molecular complexity index is 510. The summed E-state index contributed by atoms with van der Waals surface area (Å²) in [6.45, 7) is 0. The van der Waals surface area contributed by atoms with Crippen LogP contribution >= 0.6 is 23.2 Å². The van der Waals surface area contributed by atoms with E-state index in [1.807, 2.05) is 0 Å². The standard InChI is InChI=1S/C9H8Cl2O4S/c10-6-1-2-8(11)7(5-6)9(12)3-4-16(13,14)15/h1-2,5H,3-4H2,(H,13,14,15). The molecule has 0 amide bonds. The van der Waals surface area contributed by atoms with E-state index < -0.39 is 21.7 Å². The zero-order valence-corrected chi connectivity index (χ0v) is 10.3. The Kier molecular flexibility index (Phi) is 4.32. The summed E-state index contributed by atoms with van der Waals surface area (Å²) < 4.78 is 29.4. The van der Waals surface area contributed by atoms with Crippen molar-refractivity contribution >= 4 is 39.1 Å². The minimum Gasteiger partial charge on any atom is -0.294 e. The predicted octanol–water partition coefficient (Wildman–Crippen LogP) is 2.45. The van der Waals surface area contributed by atoms with Gasteiger partial charge in [0.1, 0.15) is 0 Å². The molecule has 0 radical (unpaired) electrons. The first kappa shape index (κ1) is 13.4. The number of carbonyl (C=O) groups excluding carboxylic acids is 1. The Hall–Kier alpha value is -0.620. The molecular formula is C9H8Cl2O4S. The molecule has 1 aromatic rings. The summed E-state index contributed by atoms with van der Waals surface area (Å²) in [6, 6.07) is 4.32. The summed E-state index contributed by atoms with van der Waals surface area (Å²) >= 11 is 11.4. The average molecular weight is 283 g/mol. The van der Waals surface area contributed by atoms with Gasteiger partial charge >= 0.3 is 0 Å². The molecule has 0 unspecified atom stereocenters. The third-order valence-electron chi connectivity index (χ3n) is 1.82. The van der Waals surface area contributed by atoms with Gasteiger partial charge in [0.15, 0.2) is 5.78 Å². The average Bonchev–Trinajstić information content (AvgIpc) is 2.17. The molecule has 0 saturated carbocycles. The highest BCUT2D eigenvalue weighted by Crippen LogP contribution is 2.21. The van der Waals surface area contributed by atoms with Gasteiger partial charge in [-0.2, -0.15) is 8.42 Å². The fourth-order valence-corrected chi connectivity index (χ4v) is 1.91. The molecule has 1 aromatic carbocycles. The number of Topliss-reactive ketones (excluding diaryl/α,β-unsaturated/α-hetero) is 1. The van der Waals surface area contributed by atoms with E-state index in [4.69, 9.17) is 27.8 Å². The molecule has 0 aliphatic rings. The van der Waals surface area contributed by atoms with E-state index in [9.17, 15) is 13.2 Å². The van der Waals surface area contributed by atoms with Crippen LogP contribution in [-0.2, 0) is 10.1 Å². The zero-order chi connectivity index (χ0) is 12.3. The largest absolute Gasteiger partial charge is 0.294 e. The number of hydrogen-bond donors (Lipinski definition) is 1. The van der Waals surface area contributed by atoms with E-state index in [0.717, 1.165) is 0 Å². The Morgan fingerprint density at radius 1 is 1.31 bits per heavy atom. The van der Waals surface area contributed by atoms with E-state index in [-0.39, 0.29) is 17.0 Å². The van der Waals surface area contributed by atoms with Gasteiger partial charge in [-0.1, -0.05) is 23.2 Å². The second-order valence-corrected chi connectivity index (χ2v) is 5.50. The van der Waals surface area contributed by atoms with Crippen LogP contribution in [0.4, 0.5) is 0 Å². The van der Waals surface area contributed by atoms with E-state index >= 15 is 0 Å². The molecule has 0 fully saturated rings. The van der Waals surface area contributed by atoms with Crippen molar-refractivity contribution in [2.24, 2.45) is 0 Å². The fraction of sp³-hybridized carbons (Fsp3) is 0.222. The number of benzene rings is 1. The molecule has 0 aromatic heterocycles. The molecule has 0 bridgehead atoms. The predicted molar refractivity (Wildman–Crippen MR) is 61.8 cm³/mol. The molecule has 0 aliphatic carbocycles. The topological polar surface area (TPSA) is 71.4 Å². The first-order valence-corrected chi connectivity index (χ1v) is 6.59. The van der Waals surface area contributed by atoms with Gasteiger partial charge in [0.05, 0.1) is 10.8 Å². The van der Waals surface area contributed by atoms with Crippen LogP contribution in [0, 0.1) is 0 Å². The summed E-state index contributed by atoms with van der Waals surface area (Å²) in [5.41, 5.74) is 0.151. The van der Waals surface area contributed by atoms with Gasteiger partial charge in [-0.3, -0.25) is 9.35 Å². The lowest BCUT2D eigenvalue weighted by atomic mass is 10.1. The highest BCUT2D eigenvalue weighted by atomic mass is 35.5. The third-order valence-corrected chi connectivity index (χ3v) is 3.10. The Morgan fingerprint density at radius 3 is 2.50 bits per heavy atom. The molecule has 0 heterocycles. The maximum Gasteiger partial charge on any atom is 0.265 e. The Morgan fingerprint density at radius 2 is 1.94 bits per heavy atom. The summed E-state index contributed by atoms with van der Waals surface area (Å²) in [6.07, 6.45) is -0.334. The first-order valence-electron chi connectivity index (χ1n) is 4.23. The smallest absolute Gasteiger partial charge is 0.265 e. The van der Waals surface area contributed by atoms with Crippen LogP contribution in [0.25, 0.3) is 0 Å². The quantitative estimate of drug-likeness (QED) is 0.680. The van der Waals surface area contributed by atoms with Crippen molar-refractivity contribution in [3.63, 3.8) is 0 Å². The molecular weight excluding hydrogens is 275 g/mol. The van der Waals surface area contributed by atoms with Crippen LogP contribution in [0.1, 0.15) is 16.8 Å². The molecule has 0 spiro atoms. The summed E-state index contributed by atoms with van der Waals surface area (Å²) in [5, 5.41) is 0.532. The van der Waals surface area contributed by atoms with Crippen molar-refractivity contribution in [3.05, 3.63) is 33.8 Å². The molecule has 88 valence electrons. The highest BCUT2D eigenvalue weighted by molar-refractivity contribution is 7.85. The number of hydrogen-bond acceptors (Lipinski definition) is 3. The van der Waals surface area contributed by atoms with Gasteiger partial charge in [-0.05, 0) is 18.2 Å². The lowest BCUT2D eigenvalue weighted by Gasteiger charge is -2.03. The van der Waals surface area contributed by atoms with Crippen molar-refractivity contribution < 1.29 is 17.8 Å². The summed E-state index contributed by atoms with van der Waals surface area (Å²) in [5.74, 6) is -1.11. The molecule has 1 rings (SSSR count). The van der Waals surface area contributed by atoms with Crippen LogP contribution in [0.2, 0.25) is 10.0 Å². The van der Waals surface area contributed by atoms with Gasteiger partial charge in [0.2, 0.25) is 0 Å². The molecule has 4 nitrogen and oxygen atoms in total. The van der Waals surface area contributed by atoms with Crippen LogP contribution in [-0.4, -0.2) is 24.5 Å². The van der Waals surface area contributed by atoms with E-state index in [1.165, 1.54) is 18.2 Å². The second kappa shape index (κ2) is 5.14. The van der Waals surface area contributed by atoms with Gasteiger partial charge in [-0.25, -0.2) is 0 Å². The van der Waals surface area contributed by atoms with Crippen molar-refractivity contribution in [3.8, 4) is 0 Å². The lowest BCUT2D eigenvalue weighted by molar-refractivity contribution is 0.0988. The normalized spacial score (nSPS) is 11.4. The van der Waals surface area contributed by atoms with Gasteiger partial charge in [0.25, 0.3) is 10.1 Å². The van der Waals surface area contributed by atoms with Gasteiger partial charge in [0, 0.05) is 17.0 Å². The minimum absolute atomic E-state index is 0.151. The van der Waals surface area contributed by atoms with Gasteiger partial charge < -0.3 is 0 Å². The monoisotopic (exact) mass is 282 g/mol. The fourth-order valence-electron chi connectivity index (χ4n) is 1.07. The van der Waals surface area contributed by atoms with Crippen LogP contribution < -0.4 is 0 Å². The molecule has 0 atom stereocenters. The van der Waals surface area contributed by atoms with E-state index in [0.29, 0.717) is 5.02 Å².